The molecule has 0 aliphatic heterocycles. The summed E-state index contributed by atoms with van der Waals surface area (Å²) >= 11 is 0. The quantitative estimate of drug-likeness (QED) is 0.575. The molecule has 3 rings (SSSR count). The summed E-state index contributed by atoms with van der Waals surface area (Å²) in [6, 6.07) is 16.4. The third-order valence-corrected chi connectivity index (χ3v) is 3.64. The largest absolute Gasteiger partial charge is 0.497 e. The number of nitrogens with zero attached hydrogens (tertiary/aromatic N) is 2. The Morgan fingerprint density at radius 2 is 1.92 bits per heavy atom. The molecular weight excluding hydrogens is 318 g/mol. The van der Waals surface area contributed by atoms with Gasteiger partial charge in [-0.3, -0.25) is 4.79 Å². The molecule has 0 fully saturated rings. The second-order valence-electron chi connectivity index (χ2n) is 5.20. The van der Waals surface area contributed by atoms with Gasteiger partial charge >= 0.3 is 0 Å². The summed E-state index contributed by atoms with van der Waals surface area (Å²) in [5, 5.41) is 4.96. The Balaban J connectivity index is 1.76. The van der Waals surface area contributed by atoms with Crippen LogP contribution in [0.3, 0.4) is 0 Å². The number of aromatic nitrogens is 1. The first-order valence-electron chi connectivity index (χ1n) is 7.62. The number of benzene rings is 2. The maximum absolute atomic E-state index is 12.2. The van der Waals surface area contributed by atoms with Crippen molar-refractivity contribution in [3.05, 3.63) is 65.9 Å². The molecule has 1 N–H and O–H groups in total. The number of carbonyl (C=O) groups excluding carboxylic acids is 1. The Morgan fingerprint density at radius 3 is 2.72 bits per heavy atom. The first-order chi connectivity index (χ1) is 12.2. The third kappa shape index (κ3) is 3.74. The van der Waals surface area contributed by atoms with Crippen LogP contribution in [0.2, 0.25) is 0 Å². The predicted octanol–water partition coefficient (Wildman–Crippen LogP) is 3.02. The second-order valence-corrected chi connectivity index (χ2v) is 5.20. The van der Waals surface area contributed by atoms with Crippen LogP contribution in [0.4, 0.5) is 0 Å². The van der Waals surface area contributed by atoms with Crippen LogP contribution in [0, 0.1) is 0 Å². The number of fused-ring (bicyclic) bond motifs is 1. The Kier molecular flexibility index (Phi) is 4.89. The Morgan fingerprint density at radius 1 is 1.08 bits per heavy atom. The number of hydrazone groups is 1. The van der Waals surface area contributed by atoms with E-state index < -0.39 is 0 Å². The van der Waals surface area contributed by atoms with Gasteiger partial charge in [0.05, 0.1) is 26.0 Å². The van der Waals surface area contributed by atoms with Crippen molar-refractivity contribution in [2.45, 2.75) is 0 Å². The number of nitrogens with one attached hydrogen (secondary N) is 1. The predicted molar refractivity (Wildman–Crippen MR) is 96.3 cm³/mol. The lowest BCUT2D eigenvalue weighted by atomic mass is 10.2. The molecule has 6 heteroatoms. The molecular formula is C19H17N3O3. The average molecular weight is 335 g/mol. The summed E-state index contributed by atoms with van der Waals surface area (Å²) in [6.45, 7) is 0. The number of ether oxygens (including phenoxy) is 2. The van der Waals surface area contributed by atoms with E-state index in [1.54, 1.807) is 38.5 Å². The van der Waals surface area contributed by atoms with Gasteiger partial charge in [0.15, 0.2) is 0 Å². The molecule has 1 heterocycles. The molecule has 25 heavy (non-hydrogen) atoms. The van der Waals surface area contributed by atoms with Crippen molar-refractivity contribution < 1.29 is 14.3 Å². The number of rotatable bonds is 5. The van der Waals surface area contributed by atoms with Gasteiger partial charge in [0.25, 0.3) is 5.91 Å². The van der Waals surface area contributed by atoms with Gasteiger partial charge in [-0.25, -0.2) is 10.4 Å². The average Bonchev–Trinajstić information content (AvgIpc) is 2.67. The van der Waals surface area contributed by atoms with Crippen molar-refractivity contribution in [1.82, 2.24) is 10.4 Å². The van der Waals surface area contributed by atoms with Crippen LogP contribution in [0.5, 0.6) is 11.5 Å². The molecule has 0 saturated carbocycles. The lowest BCUT2D eigenvalue weighted by molar-refractivity contribution is 0.0950. The summed E-state index contributed by atoms with van der Waals surface area (Å²) in [5.74, 6) is 0.913. The fourth-order valence-electron chi connectivity index (χ4n) is 2.35. The van der Waals surface area contributed by atoms with E-state index in [0.717, 1.165) is 10.9 Å². The zero-order chi connectivity index (χ0) is 17.6. The molecule has 6 nitrogen and oxygen atoms in total. The highest BCUT2D eigenvalue weighted by Gasteiger charge is 2.07. The molecule has 1 amide bonds. The topological polar surface area (TPSA) is 72.8 Å². The smallest absolute Gasteiger partial charge is 0.289 e. The van der Waals surface area contributed by atoms with Crippen molar-refractivity contribution in [2.24, 2.45) is 5.10 Å². The zero-order valence-corrected chi connectivity index (χ0v) is 13.9. The van der Waals surface area contributed by atoms with Crippen molar-refractivity contribution in [3.63, 3.8) is 0 Å². The number of hydrogen-bond donors (Lipinski definition) is 1. The molecule has 0 spiro atoms. The first kappa shape index (κ1) is 16.4. The van der Waals surface area contributed by atoms with E-state index in [1.165, 1.54) is 6.21 Å². The number of hydrogen-bond acceptors (Lipinski definition) is 5. The van der Waals surface area contributed by atoms with Crippen molar-refractivity contribution in [2.75, 3.05) is 14.2 Å². The molecule has 3 aromatic rings. The molecule has 1 aromatic heterocycles. The zero-order valence-electron chi connectivity index (χ0n) is 13.9. The standard InChI is InChI=1S/C19H17N3O3/c1-24-15-8-10-18(25-2)14(11-15)12-20-22-19(23)17-9-7-13-5-3-4-6-16(13)21-17/h3-12H,1-2H3,(H,22,23)/b20-12-. The third-order valence-electron chi connectivity index (χ3n) is 3.64. The van der Waals surface area contributed by atoms with Crippen molar-refractivity contribution in [1.29, 1.82) is 0 Å². The van der Waals surface area contributed by atoms with Crippen molar-refractivity contribution in [3.8, 4) is 11.5 Å². The molecule has 2 aromatic carbocycles. The summed E-state index contributed by atoms with van der Waals surface area (Å²) in [5.41, 5.74) is 4.22. The highest BCUT2D eigenvalue weighted by molar-refractivity contribution is 5.95. The molecule has 0 saturated heterocycles. The van der Waals surface area contributed by atoms with Crippen molar-refractivity contribution >= 4 is 23.0 Å². The van der Waals surface area contributed by atoms with Gasteiger partial charge < -0.3 is 9.47 Å². The highest BCUT2D eigenvalue weighted by atomic mass is 16.5. The molecule has 0 aliphatic carbocycles. The number of amides is 1. The summed E-state index contributed by atoms with van der Waals surface area (Å²) in [6.07, 6.45) is 1.50. The number of pyridine rings is 1. The summed E-state index contributed by atoms with van der Waals surface area (Å²) < 4.78 is 10.4. The second kappa shape index (κ2) is 7.44. The molecule has 0 aliphatic rings. The van der Waals surface area contributed by atoms with E-state index in [9.17, 15) is 4.79 Å². The molecule has 0 radical (unpaired) electrons. The summed E-state index contributed by atoms with van der Waals surface area (Å²) in [7, 11) is 3.15. The Bertz CT molecular complexity index is 938. The number of para-hydroxylation sites is 1. The fraction of sp³-hybridized carbons (Fsp3) is 0.105. The summed E-state index contributed by atoms with van der Waals surface area (Å²) in [4.78, 5) is 16.5. The van der Waals surface area contributed by atoms with Crippen LogP contribution >= 0.6 is 0 Å². The minimum Gasteiger partial charge on any atom is -0.497 e. The van der Waals surface area contributed by atoms with Gasteiger partial charge in [0.1, 0.15) is 17.2 Å². The van der Waals surface area contributed by atoms with Gasteiger partial charge in [-0.05, 0) is 30.3 Å². The van der Waals surface area contributed by atoms with Crippen LogP contribution in [0.15, 0.2) is 59.7 Å². The maximum atomic E-state index is 12.2. The van der Waals surface area contributed by atoms with E-state index >= 15 is 0 Å². The van der Waals surface area contributed by atoms with Crippen LogP contribution in [-0.4, -0.2) is 31.3 Å². The minimum absolute atomic E-state index is 0.299. The van der Waals surface area contributed by atoms with Crippen LogP contribution in [0.1, 0.15) is 16.1 Å². The van der Waals surface area contributed by atoms with Gasteiger partial charge in [-0.2, -0.15) is 5.10 Å². The van der Waals surface area contributed by atoms with Gasteiger partial charge in [0, 0.05) is 10.9 Å². The number of methoxy groups -OCH3 is 2. The number of carbonyl (C=O) groups is 1. The first-order valence-corrected chi connectivity index (χ1v) is 7.62. The van der Waals surface area contributed by atoms with Crippen LogP contribution in [-0.2, 0) is 0 Å². The monoisotopic (exact) mass is 335 g/mol. The lowest BCUT2D eigenvalue weighted by Crippen LogP contribution is -2.19. The van der Waals surface area contributed by atoms with E-state index in [4.69, 9.17) is 9.47 Å². The van der Waals surface area contributed by atoms with Gasteiger partial charge in [-0.15, -0.1) is 0 Å². The Labute approximate surface area is 145 Å². The highest BCUT2D eigenvalue weighted by Crippen LogP contribution is 2.22. The Hall–Kier alpha value is -3.41. The normalized spacial score (nSPS) is 10.8. The minimum atomic E-state index is -0.385. The van der Waals surface area contributed by atoms with Crippen LogP contribution < -0.4 is 14.9 Å². The molecule has 126 valence electrons. The fourth-order valence-corrected chi connectivity index (χ4v) is 2.35. The van der Waals surface area contributed by atoms with E-state index in [2.05, 4.69) is 15.5 Å². The van der Waals surface area contributed by atoms with Gasteiger partial charge in [-0.1, -0.05) is 24.3 Å². The molecule has 0 unspecified atom stereocenters. The van der Waals surface area contributed by atoms with Gasteiger partial charge in [0.2, 0.25) is 0 Å². The van der Waals surface area contributed by atoms with E-state index in [1.807, 2.05) is 30.3 Å². The maximum Gasteiger partial charge on any atom is 0.289 e. The van der Waals surface area contributed by atoms with E-state index in [0.29, 0.717) is 22.8 Å². The SMILES string of the molecule is COc1ccc(OC)c(/C=N\NC(=O)c2ccc3ccccc3n2)c1. The molecule has 0 bridgehead atoms. The van der Waals surface area contributed by atoms with E-state index in [-0.39, 0.29) is 5.91 Å². The lowest BCUT2D eigenvalue weighted by Gasteiger charge is -2.06. The van der Waals surface area contributed by atoms with Crippen LogP contribution in [0.25, 0.3) is 10.9 Å². The molecule has 0 atom stereocenters.